The van der Waals surface area contributed by atoms with Crippen molar-refractivity contribution in [2.45, 2.75) is 20.4 Å². The molecule has 0 unspecified atom stereocenters. The van der Waals surface area contributed by atoms with Crippen molar-refractivity contribution in [1.29, 1.82) is 0 Å². The van der Waals surface area contributed by atoms with Gasteiger partial charge in [0, 0.05) is 48.6 Å². The normalized spacial score (nSPS) is 11.0. The highest BCUT2D eigenvalue weighted by atomic mass is 19.1. The van der Waals surface area contributed by atoms with Crippen LogP contribution in [0.1, 0.15) is 12.5 Å². The largest absolute Gasteiger partial charge is 0.329 e. The van der Waals surface area contributed by atoms with Gasteiger partial charge in [0.1, 0.15) is 23.3 Å². The van der Waals surface area contributed by atoms with Crippen LogP contribution in [0.15, 0.2) is 83.8 Å². The smallest absolute Gasteiger partial charge is 0.323 e. The standard InChI is InChI=1S/C31H26F3N5O2/c1-4-39-28-16-29(38(3)21-8-6-5-7-9-21)35-17-19(28)13-23(30(39)40)22-15-27(25(34)12-18(22)2)37-31(41)36-26-14-20(32)10-11-24(26)33/h5-17H,4H2,1-3H3,(H2,36,37,41). The van der Waals surface area contributed by atoms with Crippen molar-refractivity contribution in [3.05, 3.63) is 112 Å². The summed E-state index contributed by atoms with van der Waals surface area (Å²) in [7, 11) is 1.89. The van der Waals surface area contributed by atoms with E-state index in [1.54, 1.807) is 23.8 Å². The molecule has 2 amide bonds. The summed E-state index contributed by atoms with van der Waals surface area (Å²) in [6.07, 6.45) is 1.68. The van der Waals surface area contributed by atoms with Gasteiger partial charge < -0.3 is 20.1 Å². The number of carbonyl (C=O) groups is 1. The number of nitrogens with zero attached hydrogens (tertiary/aromatic N) is 3. The molecule has 5 rings (SSSR count). The summed E-state index contributed by atoms with van der Waals surface area (Å²) in [6, 6.07) is 17.4. The molecule has 0 radical (unpaired) electrons. The average Bonchev–Trinajstić information content (AvgIpc) is 2.96. The van der Waals surface area contributed by atoms with Crippen LogP contribution in [-0.4, -0.2) is 22.6 Å². The zero-order chi connectivity index (χ0) is 29.3. The van der Waals surface area contributed by atoms with E-state index in [9.17, 15) is 22.8 Å². The minimum atomic E-state index is -0.980. The fourth-order valence-electron chi connectivity index (χ4n) is 4.66. The number of halogens is 3. The minimum Gasteiger partial charge on any atom is -0.329 e. The summed E-state index contributed by atoms with van der Waals surface area (Å²) in [5.74, 6) is -1.70. The highest BCUT2D eigenvalue weighted by molar-refractivity contribution is 6.00. The molecule has 2 heterocycles. The zero-order valence-electron chi connectivity index (χ0n) is 22.5. The van der Waals surface area contributed by atoms with E-state index in [4.69, 9.17) is 0 Å². The summed E-state index contributed by atoms with van der Waals surface area (Å²) in [4.78, 5) is 32.7. The quantitative estimate of drug-likeness (QED) is 0.231. The number of amides is 2. The number of para-hydroxylation sites is 1. The van der Waals surface area contributed by atoms with Crippen molar-refractivity contribution in [2.24, 2.45) is 0 Å². The van der Waals surface area contributed by atoms with Crippen LogP contribution in [0, 0.1) is 24.4 Å². The molecule has 0 fully saturated rings. The van der Waals surface area contributed by atoms with Gasteiger partial charge >= 0.3 is 6.03 Å². The number of nitrogens with one attached hydrogen (secondary N) is 2. The molecule has 0 aliphatic carbocycles. The highest BCUT2D eigenvalue weighted by Crippen LogP contribution is 2.31. The first-order valence-electron chi connectivity index (χ1n) is 12.8. The number of fused-ring (bicyclic) bond motifs is 1. The number of aryl methyl sites for hydroxylation is 2. The Bertz CT molecular complexity index is 1840. The van der Waals surface area contributed by atoms with E-state index in [-0.39, 0.29) is 11.2 Å². The third-order valence-electron chi connectivity index (χ3n) is 6.80. The molecule has 208 valence electrons. The molecule has 10 heteroatoms. The van der Waals surface area contributed by atoms with Crippen molar-refractivity contribution in [3.8, 4) is 11.1 Å². The number of carbonyl (C=O) groups excluding carboxylic acids is 1. The second-order valence-corrected chi connectivity index (χ2v) is 9.45. The minimum absolute atomic E-state index is 0.236. The lowest BCUT2D eigenvalue weighted by Crippen LogP contribution is -2.23. The first-order valence-corrected chi connectivity index (χ1v) is 12.8. The molecule has 7 nitrogen and oxygen atoms in total. The number of hydrogen-bond acceptors (Lipinski definition) is 4. The van der Waals surface area contributed by atoms with Crippen LogP contribution in [0.25, 0.3) is 22.0 Å². The van der Waals surface area contributed by atoms with Crippen LogP contribution in [0.3, 0.4) is 0 Å². The Kier molecular flexibility index (Phi) is 7.47. The van der Waals surface area contributed by atoms with Gasteiger partial charge in [0.25, 0.3) is 5.56 Å². The van der Waals surface area contributed by atoms with E-state index in [0.717, 1.165) is 23.9 Å². The predicted molar refractivity (Wildman–Crippen MR) is 155 cm³/mol. The van der Waals surface area contributed by atoms with E-state index >= 15 is 0 Å². The SMILES string of the molecule is CCn1c(=O)c(-c2cc(NC(=O)Nc3cc(F)ccc3F)c(F)cc2C)cc2cnc(N(C)c3ccccc3)cc21. The van der Waals surface area contributed by atoms with E-state index in [1.165, 1.54) is 12.1 Å². The monoisotopic (exact) mass is 557 g/mol. The summed E-state index contributed by atoms with van der Waals surface area (Å²) in [5, 5.41) is 5.19. The van der Waals surface area contributed by atoms with Crippen molar-refractivity contribution < 1.29 is 18.0 Å². The van der Waals surface area contributed by atoms with Gasteiger partial charge in [-0.25, -0.2) is 22.9 Å². The Balaban J connectivity index is 1.52. The van der Waals surface area contributed by atoms with Gasteiger partial charge in [0.05, 0.1) is 16.9 Å². The topological polar surface area (TPSA) is 79.3 Å². The average molecular weight is 558 g/mol. The molecule has 0 atom stereocenters. The number of benzene rings is 3. The number of aromatic nitrogens is 2. The maximum Gasteiger partial charge on any atom is 0.323 e. The number of pyridine rings is 2. The third-order valence-corrected chi connectivity index (χ3v) is 6.80. The van der Waals surface area contributed by atoms with Crippen molar-refractivity contribution >= 4 is 39.8 Å². The fourth-order valence-corrected chi connectivity index (χ4v) is 4.66. The molecular formula is C31H26F3N5O2. The fraction of sp³-hybridized carbons (Fsp3) is 0.129. The summed E-state index contributed by atoms with van der Waals surface area (Å²) >= 11 is 0. The van der Waals surface area contributed by atoms with Gasteiger partial charge in [-0.05, 0) is 67.4 Å². The van der Waals surface area contributed by atoms with Crippen LogP contribution in [0.5, 0.6) is 0 Å². The van der Waals surface area contributed by atoms with E-state index in [2.05, 4.69) is 15.6 Å². The predicted octanol–water partition coefficient (Wildman–Crippen LogP) is 7.22. The molecule has 2 N–H and O–H groups in total. The maximum atomic E-state index is 14.9. The molecule has 0 aliphatic heterocycles. The van der Waals surface area contributed by atoms with Crippen LogP contribution in [0.2, 0.25) is 0 Å². The molecule has 0 saturated carbocycles. The van der Waals surface area contributed by atoms with Gasteiger partial charge in [-0.3, -0.25) is 4.79 Å². The highest BCUT2D eigenvalue weighted by Gasteiger charge is 2.18. The molecule has 3 aromatic carbocycles. The molecule has 41 heavy (non-hydrogen) atoms. The molecule has 0 bridgehead atoms. The summed E-state index contributed by atoms with van der Waals surface area (Å²) in [5.41, 5.74) is 1.85. The van der Waals surface area contributed by atoms with Crippen molar-refractivity contribution in [1.82, 2.24) is 9.55 Å². The number of hydrogen-bond donors (Lipinski definition) is 2. The van der Waals surface area contributed by atoms with Crippen LogP contribution < -0.4 is 21.1 Å². The molecule has 5 aromatic rings. The number of anilines is 4. The van der Waals surface area contributed by atoms with Crippen LogP contribution >= 0.6 is 0 Å². The van der Waals surface area contributed by atoms with E-state index in [1.807, 2.05) is 55.3 Å². The summed E-state index contributed by atoms with van der Waals surface area (Å²) < 4.78 is 43.9. The number of rotatable bonds is 6. The van der Waals surface area contributed by atoms with Gasteiger partial charge in [0.2, 0.25) is 0 Å². The van der Waals surface area contributed by atoms with Crippen molar-refractivity contribution in [3.63, 3.8) is 0 Å². The Morgan fingerprint density at radius 1 is 0.902 bits per heavy atom. The number of urea groups is 1. The lowest BCUT2D eigenvalue weighted by Gasteiger charge is -2.20. The molecule has 0 saturated heterocycles. The first-order chi connectivity index (χ1) is 19.7. The lowest BCUT2D eigenvalue weighted by atomic mass is 9.99. The van der Waals surface area contributed by atoms with Gasteiger partial charge in [0.15, 0.2) is 0 Å². The van der Waals surface area contributed by atoms with Crippen LogP contribution in [-0.2, 0) is 6.54 Å². The molecular weight excluding hydrogens is 531 g/mol. The van der Waals surface area contributed by atoms with E-state index in [0.29, 0.717) is 40.0 Å². The Hall–Kier alpha value is -5.12. The van der Waals surface area contributed by atoms with Crippen molar-refractivity contribution in [2.75, 3.05) is 22.6 Å². The lowest BCUT2D eigenvalue weighted by molar-refractivity contribution is 0.262. The maximum absolute atomic E-state index is 14.9. The first kappa shape index (κ1) is 27.4. The second kappa shape index (κ2) is 11.2. The second-order valence-electron chi connectivity index (χ2n) is 9.45. The Labute approximate surface area is 233 Å². The summed E-state index contributed by atoms with van der Waals surface area (Å²) in [6.45, 7) is 3.88. The van der Waals surface area contributed by atoms with Gasteiger partial charge in [-0.15, -0.1) is 0 Å². The van der Waals surface area contributed by atoms with Crippen LogP contribution in [0.4, 0.5) is 40.8 Å². The zero-order valence-corrected chi connectivity index (χ0v) is 22.5. The van der Waals surface area contributed by atoms with E-state index < -0.39 is 29.2 Å². The third kappa shape index (κ3) is 5.49. The molecule has 0 aliphatic rings. The Morgan fingerprint density at radius 3 is 2.32 bits per heavy atom. The molecule has 2 aromatic heterocycles. The van der Waals surface area contributed by atoms with Gasteiger partial charge in [-0.2, -0.15) is 0 Å². The Morgan fingerprint density at radius 2 is 1.61 bits per heavy atom. The van der Waals surface area contributed by atoms with Gasteiger partial charge in [-0.1, -0.05) is 18.2 Å². The molecule has 0 spiro atoms.